The van der Waals surface area contributed by atoms with Gasteiger partial charge in [-0.25, -0.2) is 4.79 Å². The van der Waals surface area contributed by atoms with Gasteiger partial charge in [0.2, 0.25) is 0 Å². The van der Waals surface area contributed by atoms with Crippen molar-refractivity contribution in [1.82, 2.24) is 19.9 Å². The van der Waals surface area contributed by atoms with Gasteiger partial charge in [-0.3, -0.25) is 4.79 Å². The summed E-state index contributed by atoms with van der Waals surface area (Å²) >= 11 is 0. The average molecular weight is 343 g/mol. The van der Waals surface area contributed by atoms with Crippen molar-refractivity contribution >= 4 is 17.6 Å². The molecule has 1 amide bonds. The van der Waals surface area contributed by atoms with Gasteiger partial charge in [-0.1, -0.05) is 0 Å². The molecule has 0 atom stereocenters. The Morgan fingerprint density at radius 2 is 1.96 bits per heavy atom. The molecule has 9 heteroatoms. The lowest BCUT2D eigenvalue weighted by Gasteiger charge is -2.15. The maximum Gasteiger partial charge on any atom is 0.337 e. The van der Waals surface area contributed by atoms with Crippen molar-refractivity contribution in [3.05, 3.63) is 47.9 Å². The predicted molar refractivity (Wildman–Crippen MR) is 87.7 cm³/mol. The summed E-state index contributed by atoms with van der Waals surface area (Å²) in [7, 11) is 1.26. The highest BCUT2D eigenvalue weighted by Gasteiger charge is 2.34. The zero-order valence-corrected chi connectivity index (χ0v) is 13.5. The minimum absolute atomic E-state index is 0.101. The molecule has 0 aliphatic carbocycles. The second-order valence-corrected chi connectivity index (χ2v) is 5.29. The third kappa shape index (κ3) is 3.36. The van der Waals surface area contributed by atoms with E-state index in [0.29, 0.717) is 5.69 Å². The largest absolute Gasteiger partial charge is 0.466 e. The highest BCUT2D eigenvalue weighted by atomic mass is 16.5. The number of ether oxygens (including phenoxy) is 1. The van der Waals surface area contributed by atoms with Gasteiger partial charge < -0.3 is 20.1 Å². The Morgan fingerprint density at radius 1 is 1.28 bits per heavy atom. The highest BCUT2D eigenvalue weighted by Crippen LogP contribution is 2.23. The van der Waals surface area contributed by atoms with Crippen LogP contribution in [0.4, 0.5) is 5.69 Å². The van der Waals surface area contributed by atoms with Gasteiger partial charge in [0.25, 0.3) is 5.91 Å². The Kier molecular flexibility index (Phi) is 4.75. The molecule has 130 valence electrons. The molecular formula is C16H17N5O4. The predicted octanol–water partition coefficient (Wildman–Crippen LogP) is -0.0592. The van der Waals surface area contributed by atoms with Crippen LogP contribution in [0.1, 0.15) is 0 Å². The van der Waals surface area contributed by atoms with E-state index in [1.54, 1.807) is 36.7 Å². The molecule has 0 radical (unpaired) electrons. The van der Waals surface area contributed by atoms with E-state index >= 15 is 0 Å². The minimum atomic E-state index is -0.575. The molecule has 0 bridgehead atoms. The van der Waals surface area contributed by atoms with Crippen molar-refractivity contribution < 1.29 is 19.4 Å². The number of rotatable bonds is 6. The number of β-amino-alcohol motifs (C(OH)–C–C–N with tert-alkyl or cyclic N) is 1. The number of methoxy groups -OCH3 is 1. The van der Waals surface area contributed by atoms with Crippen LogP contribution in [-0.2, 0) is 14.3 Å². The Hall–Kier alpha value is -3.20. The quantitative estimate of drug-likeness (QED) is 0.707. The maximum atomic E-state index is 12.4. The molecule has 9 nitrogen and oxygen atoms in total. The Bertz CT molecular complexity index is 798. The zero-order valence-electron chi connectivity index (χ0n) is 13.5. The number of aliphatic hydroxyl groups excluding tert-OH is 1. The van der Waals surface area contributed by atoms with Gasteiger partial charge in [-0.2, -0.15) is 15.0 Å². The zero-order chi connectivity index (χ0) is 17.8. The number of benzene rings is 1. The number of anilines is 1. The summed E-state index contributed by atoms with van der Waals surface area (Å²) in [5.41, 5.74) is 1.79. The van der Waals surface area contributed by atoms with Crippen LogP contribution in [0.15, 0.2) is 47.9 Å². The van der Waals surface area contributed by atoms with E-state index in [1.165, 1.54) is 16.8 Å². The first-order chi connectivity index (χ1) is 12.1. The standard InChI is InChI=1S/C16H17N5O4/c1-25-16(24)13-10-20(8-9-22)15(23)14(13)19-11-2-4-12(5-3-11)21-17-6-7-18-21/h2-7,19,22H,8-10H2,1H3. The third-order valence-corrected chi connectivity index (χ3v) is 3.74. The molecule has 0 saturated heterocycles. The fourth-order valence-corrected chi connectivity index (χ4v) is 2.52. The van der Waals surface area contributed by atoms with Gasteiger partial charge in [0.1, 0.15) is 5.70 Å². The number of carbonyl (C=O) groups is 2. The molecule has 25 heavy (non-hydrogen) atoms. The number of aliphatic hydroxyl groups is 1. The lowest BCUT2D eigenvalue weighted by Crippen LogP contribution is -2.31. The molecule has 0 spiro atoms. The van der Waals surface area contributed by atoms with E-state index in [2.05, 4.69) is 15.5 Å². The van der Waals surface area contributed by atoms with Crippen LogP contribution in [0, 0.1) is 0 Å². The van der Waals surface area contributed by atoms with E-state index in [1.807, 2.05) is 0 Å². The number of carbonyl (C=O) groups excluding carboxylic acids is 2. The number of amides is 1. The van der Waals surface area contributed by atoms with Gasteiger partial charge in [-0.05, 0) is 24.3 Å². The highest BCUT2D eigenvalue weighted by molar-refractivity contribution is 6.08. The van der Waals surface area contributed by atoms with Crippen LogP contribution < -0.4 is 5.32 Å². The second kappa shape index (κ2) is 7.14. The van der Waals surface area contributed by atoms with Crippen LogP contribution in [-0.4, -0.2) is 63.7 Å². The molecule has 2 N–H and O–H groups in total. The fraction of sp³-hybridized carbons (Fsp3) is 0.250. The number of hydrogen-bond donors (Lipinski definition) is 2. The first-order valence-corrected chi connectivity index (χ1v) is 7.59. The van der Waals surface area contributed by atoms with E-state index < -0.39 is 5.97 Å². The molecule has 0 unspecified atom stereocenters. The Balaban J connectivity index is 1.83. The smallest absolute Gasteiger partial charge is 0.337 e. The molecule has 1 aromatic heterocycles. The van der Waals surface area contributed by atoms with E-state index in [9.17, 15) is 9.59 Å². The summed E-state index contributed by atoms with van der Waals surface area (Å²) in [4.78, 5) is 27.2. The van der Waals surface area contributed by atoms with Gasteiger partial charge in [0, 0.05) is 12.2 Å². The third-order valence-electron chi connectivity index (χ3n) is 3.74. The summed E-state index contributed by atoms with van der Waals surface area (Å²) in [5.74, 6) is -0.930. The topological polar surface area (TPSA) is 110 Å². The van der Waals surface area contributed by atoms with Crippen LogP contribution in [0.25, 0.3) is 5.69 Å². The molecule has 1 aliphatic rings. The summed E-state index contributed by atoms with van der Waals surface area (Å²) in [6.07, 6.45) is 3.15. The van der Waals surface area contributed by atoms with Crippen LogP contribution in [0.5, 0.6) is 0 Å². The summed E-state index contributed by atoms with van der Waals surface area (Å²) in [5, 5.41) is 20.1. The summed E-state index contributed by atoms with van der Waals surface area (Å²) in [6.45, 7) is 0.0666. The molecule has 1 aliphatic heterocycles. The molecule has 0 fully saturated rings. The molecular weight excluding hydrogens is 326 g/mol. The molecule has 0 saturated carbocycles. The number of nitrogens with one attached hydrogen (secondary N) is 1. The minimum Gasteiger partial charge on any atom is -0.466 e. The van der Waals surface area contributed by atoms with E-state index in [4.69, 9.17) is 9.84 Å². The number of esters is 1. The SMILES string of the molecule is COC(=O)C1=C(Nc2ccc(-n3nccn3)cc2)C(=O)N(CCO)C1. The Morgan fingerprint density at radius 3 is 2.56 bits per heavy atom. The molecule has 2 aromatic rings. The monoisotopic (exact) mass is 343 g/mol. The van der Waals surface area contributed by atoms with Gasteiger partial charge >= 0.3 is 5.97 Å². The van der Waals surface area contributed by atoms with Gasteiger partial charge in [0.15, 0.2) is 0 Å². The number of hydrogen-bond acceptors (Lipinski definition) is 7. The van der Waals surface area contributed by atoms with Crippen LogP contribution >= 0.6 is 0 Å². The fourth-order valence-electron chi connectivity index (χ4n) is 2.52. The van der Waals surface area contributed by atoms with Crippen molar-refractivity contribution in [2.75, 3.05) is 32.1 Å². The van der Waals surface area contributed by atoms with Crippen molar-refractivity contribution in [3.8, 4) is 5.69 Å². The van der Waals surface area contributed by atoms with Crippen molar-refractivity contribution in [2.24, 2.45) is 0 Å². The van der Waals surface area contributed by atoms with Crippen molar-refractivity contribution in [1.29, 1.82) is 0 Å². The van der Waals surface area contributed by atoms with Crippen LogP contribution in [0.2, 0.25) is 0 Å². The van der Waals surface area contributed by atoms with E-state index in [0.717, 1.165) is 5.69 Å². The van der Waals surface area contributed by atoms with Gasteiger partial charge in [0.05, 0.1) is 43.9 Å². The summed E-state index contributed by atoms with van der Waals surface area (Å²) in [6, 6.07) is 7.07. The summed E-state index contributed by atoms with van der Waals surface area (Å²) < 4.78 is 4.75. The Labute approximate surface area is 143 Å². The van der Waals surface area contributed by atoms with E-state index in [-0.39, 0.29) is 36.9 Å². The average Bonchev–Trinajstić information content (AvgIpc) is 3.26. The van der Waals surface area contributed by atoms with Gasteiger partial charge in [-0.15, -0.1) is 0 Å². The number of nitrogens with zero attached hydrogens (tertiary/aromatic N) is 4. The van der Waals surface area contributed by atoms with Crippen molar-refractivity contribution in [2.45, 2.75) is 0 Å². The first kappa shape index (κ1) is 16.7. The normalized spacial score (nSPS) is 14.2. The molecule has 2 heterocycles. The lowest BCUT2D eigenvalue weighted by atomic mass is 10.2. The number of aromatic nitrogens is 3. The second-order valence-electron chi connectivity index (χ2n) is 5.29. The first-order valence-electron chi connectivity index (χ1n) is 7.59. The van der Waals surface area contributed by atoms with Crippen molar-refractivity contribution in [3.63, 3.8) is 0 Å². The lowest BCUT2D eigenvalue weighted by molar-refractivity contribution is -0.136. The molecule has 3 rings (SSSR count). The van der Waals surface area contributed by atoms with Crippen LogP contribution in [0.3, 0.4) is 0 Å². The maximum absolute atomic E-state index is 12.4. The molecule has 1 aromatic carbocycles.